The van der Waals surface area contributed by atoms with Crippen molar-refractivity contribution in [2.24, 2.45) is 5.92 Å². The first-order chi connectivity index (χ1) is 9.37. The molecule has 1 fully saturated rings. The van der Waals surface area contributed by atoms with Crippen LogP contribution in [-0.4, -0.2) is 42.8 Å². The molecule has 2 unspecified atom stereocenters. The summed E-state index contributed by atoms with van der Waals surface area (Å²) < 4.78 is 0. The second-order valence-electron chi connectivity index (χ2n) is 6.48. The zero-order valence-corrected chi connectivity index (χ0v) is 13.3. The van der Waals surface area contributed by atoms with Crippen LogP contribution < -0.4 is 5.32 Å². The van der Waals surface area contributed by atoms with E-state index in [9.17, 15) is 5.11 Å². The van der Waals surface area contributed by atoms with Gasteiger partial charge in [0.1, 0.15) is 0 Å². The Morgan fingerprint density at radius 1 is 1.35 bits per heavy atom. The zero-order chi connectivity index (χ0) is 14.8. The minimum atomic E-state index is -0.719. The van der Waals surface area contributed by atoms with Crippen LogP contribution in [0.2, 0.25) is 5.02 Å². The highest BCUT2D eigenvalue weighted by atomic mass is 35.5. The first kappa shape index (κ1) is 15.8. The largest absolute Gasteiger partial charge is 0.388 e. The lowest BCUT2D eigenvalue weighted by Gasteiger charge is -2.30. The maximum Gasteiger partial charge on any atom is 0.0869 e. The van der Waals surface area contributed by atoms with Crippen molar-refractivity contribution in [3.8, 4) is 0 Å². The highest BCUT2D eigenvalue weighted by molar-refractivity contribution is 6.30. The molecule has 0 heterocycles. The highest BCUT2D eigenvalue weighted by Gasteiger charge is 2.33. The zero-order valence-electron chi connectivity index (χ0n) is 12.6. The number of hydrogen-bond acceptors (Lipinski definition) is 3. The second kappa shape index (κ2) is 6.44. The number of halogens is 1. The van der Waals surface area contributed by atoms with Gasteiger partial charge >= 0.3 is 0 Å². The molecule has 1 aliphatic carbocycles. The van der Waals surface area contributed by atoms with Gasteiger partial charge in [-0.2, -0.15) is 0 Å². The maximum absolute atomic E-state index is 10.4. The van der Waals surface area contributed by atoms with E-state index in [1.807, 2.05) is 38.1 Å². The molecule has 2 atom stereocenters. The summed E-state index contributed by atoms with van der Waals surface area (Å²) in [5.41, 5.74) is 0.542. The molecule has 1 saturated carbocycles. The number of likely N-dealkylation sites (N-methyl/N-ethyl adjacent to an activating group) is 1. The third-order valence-corrected chi connectivity index (χ3v) is 3.93. The fourth-order valence-corrected chi connectivity index (χ4v) is 2.85. The number of aliphatic hydroxyl groups is 1. The van der Waals surface area contributed by atoms with Crippen LogP contribution in [0, 0.1) is 5.92 Å². The molecule has 0 spiro atoms. The second-order valence-corrected chi connectivity index (χ2v) is 6.92. The van der Waals surface area contributed by atoms with E-state index in [2.05, 4.69) is 17.4 Å². The summed E-state index contributed by atoms with van der Waals surface area (Å²) in [7, 11) is 3.96. The molecule has 1 aromatic rings. The molecule has 2 N–H and O–H groups in total. The van der Waals surface area contributed by atoms with E-state index in [1.165, 1.54) is 18.4 Å². The first-order valence-electron chi connectivity index (χ1n) is 7.23. The lowest BCUT2D eigenvalue weighted by atomic mass is 10.00. The number of hydrogen-bond donors (Lipinski definition) is 2. The Morgan fingerprint density at radius 3 is 2.45 bits per heavy atom. The minimum Gasteiger partial charge on any atom is -0.388 e. The van der Waals surface area contributed by atoms with Gasteiger partial charge in [0.05, 0.1) is 5.60 Å². The molecule has 2 rings (SSSR count). The van der Waals surface area contributed by atoms with Gasteiger partial charge in [0.2, 0.25) is 0 Å². The van der Waals surface area contributed by atoms with Crippen molar-refractivity contribution in [2.75, 3.05) is 27.2 Å². The Balaban J connectivity index is 1.98. The summed E-state index contributed by atoms with van der Waals surface area (Å²) in [6.07, 6.45) is 2.52. The van der Waals surface area contributed by atoms with Gasteiger partial charge in [-0.25, -0.2) is 0 Å². The topological polar surface area (TPSA) is 35.5 Å². The van der Waals surface area contributed by atoms with Crippen molar-refractivity contribution >= 4 is 11.6 Å². The first-order valence-corrected chi connectivity index (χ1v) is 7.61. The standard InChI is InChI=1S/C16H25ClN2O/c1-16(20,11-19(2)3)10-18-15(12-4-5-12)13-6-8-14(17)9-7-13/h6-9,12,15,18,20H,4-5,10-11H2,1-3H3. The average molecular weight is 297 g/mol. The molecule has 0 radical (unpaired) electrons. The van der Waals surface area contributed by atoms with Crippen LogP contribution in [0.25, 0.3) is 0 Å². The molecule has 0 bridgehead atoms. The Labute approximate surface area is 126 Å². The van der Waals surface area contributed by atoms with Crippen LogP contribution in [0.5, 0.6) is 0 Å². The lowest BCUT2D eigenvalue weighted by Crippen LogP contribution is -2.46. The smallest absolute Gasteiger partial charge is 0.0869 e. The number of rotatable bonds is 7. The Hall–Kier alpha value is -0.610. The Bertz CT molecular complexity index is 427. The van der Waals surface area contributed by atoms with Crippen molar-refractivity contribution in [2.45, 2.75) is 31.4 Å². The van der Waals surface area contributed by atoms with E-state index in [1.54, 1.807) is 0 Å². The van der Waals surface area contributed by atoms with Gasteiger partial charge < -0.3 is 15.3 Å². The minimum absolute atomic E-state index is 0.320. The molecule has 0 saturated heterocycles. The summed E-state index contributed by atoms with van der Waals surface area (Å²) in [5.74, 6) is 0.686. The Morgan fingerprint density at radius 2 is 1.95 bits per heavy atom. The van der Waals surface area contributed by atoms with E-state index in [0.717, 1.165) is 5.02 Å². The molecule has 20 heavy (non-hydrogen) atoms. The third kappa shape index (κ3) is 4.74. The van der Waals surface area contributed by atoms with Gasteiger partial charge in [0.25, 0.3) is 0 Å². The van der Waals surface area contributed by atoms with Gasteiger partial charge in [0.15, 0.2) is 0 Å². The van der Waals surface area contributed by atoms with Crippen LogP contribution in [0.15, 0.2) is 24.3 Å². The fourth-order valence-electron chi connectivity index (χ4n) is 2.72. The van der Waals surface area contributed by atoms with Gasteiger partial charge in [-0.1, -0.05) is 23.7 Å². The summed E-state index contributed by atoms with van der Waals surface area (Å²) in [5, 5.41) is 14.7. The molecule has 4 heteroatoms. The normalized spacial score (nSPS) is 19.9. The lowest BCUT2D eigenvalue weighted by molar-refractivity contribution is 0.0306. The van der Waals surface area contributed by atoms with E-state index >= 15 is 0 Å². The maximum atomic E-state index is 10.4. The quantitative estimate of drug-likeness (QED) is 0.812. The predicted molar refractivity (Wildman–Crippen MR) is 84.1 cm³/mol. The summed E-state index contributed by atoms with van der Waals surface area (Å²) in [6.45, 7) is 3.12. The molecule has 3 nitrogen and oxygen atoms in total. The monoisotopic (exact) mass is 296 g/mol. The molecule has 112 valence electrons. The molecule has 0 aromatic heterocycles. The molecule has 0 amide bonds. The van der Waals surface area contributed by atoms with Gasteiger partial charge in [-0.05, 0) is 57.5 Å². The van der Waals surface area contributed by atoms with Crippen molar-refractivity contribution in [1.29, 1.82) is 0 Å². The summed E-state index contributed by atoms with van der Waals surface area (Å²) >= 11 is 5.95. The SMILES string of the molecule is CN(C)CC(C)(O)CNC(c1ccc(Cl)cc1)C1CC1. The van der Waals surface area contributed by atoms with Crippen LogP contribution in [-0.2, 0) is 0 Å². The van der Waals surface area contributed by atoms with E-state index in [-0.39, 0.29) is 0 Å². The van der Waals surface area contributed by atoms with Crippen LogP contribution >= 0.6 is 11.6 Å². The summed E-state index contributed by atoms with van der Waals surface area (Å²) in [4.78, 5) is 2.01. The fraction of sp³-hybridized carbons (Fsp3) is 0.625. The summed E-state index contributed by atoms with van der Waals surface area (Å²) in [6, 6.07) is 8.36. The number of benzene rings is 1. The number of nitrogens with one attached hydrogen (secondary N) is 1. The molecular formula is C16H25ClN2O. The predicted octanol–water partition coefficient (Wildman–Crippen LogP) is 2.69. The average Bonchev–Trinajstić information content (AvgIpc) is 3.14. The van der Waals surface area contributed by atoms with Gasteiger partial charge in [-0.3, -0.25) is 0 Å². The van der Waals surface area contributed by atoms with Crippen LogP contribution in [0.1, 0.15) is 31.4 Å². The number of nitrogens with zero attached hydrogens (tertiary/aromatic N) is 1. The van der Waals surface area contributed by atoms with Crippen LogP contribution in [0.3, 0.4) is 0 Å². The van der Waals surface area contributed by atoms with Crippen LogP contribution in [0.4, 0.5) is 0 Å². The van der Waals surface area contributed by atoms with Crippen molar-refractivity contribution < 1.29 is 5.11 Å². The van der Waals surface area contributed by atoms with Crippen molar-refractivity contribution in [1.82, 2.24) is 10.2 Å². The molecule has 0 aliphatic heterocycles. The molecular weight excluding hydrogens is 272 g/mol. The van der Waals surface area contributed by atoms with Gasteiger partial charge in [0, 0.05) is 24.2 Å². The van der Waals surface area contributed by atoms with E-state index in [4.69, 9.17) is 11.6 Å². The van der Waals surface area contributed by atoms with Gasteiger partial charge in [-0.15, -0.1) is 0 Å². The van der Waals surface area contributed by atoms with Crippen molar-refractivity contribution in [3.63, 3.8) is 0 Å². The Kier molecular flexibility index (Phi) is 5.08. The van der Waals surface area contributed by atoms with E-state index in [0.29, 0.717) is 25.0 Å². The molecule has 1 aliphatic rings. The third-order valence-electron chi connectivity index (χ3n) is 3.68. The highest BCUT2D eigenvalue weighted by Crippen LogP contribution is 2.41. The van der Waals surface area contributed by atoms with Crippen molar-refractivity contribution in [3.05, 3.63) is 34.9 Å². The van der Waals surface area contributed by atoms with E-state index < -0.39 is 5.60 Å². The molecule has 1 aromatic carbocycles.